The minimum atomic E-state index is -0.921. The summed E-state index contributed by atoms with van der Waals surface area (Å²) >= 11 is 0. The number of hydrogen-bond donors (Lipinski definition) is 3. The number of nitrogens with one attached hydrogen (secondary N) is 1. The summed E-state index contributed by atoms with van der Waals surface area (Å²) < 4.78 is 18.8. The van der Waals surface area contributed by atoms with Crippen molar-refractivity contribution in [2.24, 2.45) is 0 Å². The summed E-state index contributed by atoms with van der Waals surface area (Å²) in [4.78, 5) is 1.89. The second-order valence-electron chi connectivity index (χ2n) is 5.39. The molecule has 1 rings (SSSR count). The van der Waals surface area contributed by atoms with E-state index in [9.17, 15) is 9.50 Å². The molecule has 114 valence electrons. The fraction of sp³-hybridized carbons (Fsp3) is 0.571. The molecule has 1 aromatic rings. The highest BCUT2D eigenvalue weighted by molar-refractivity contribution is 5.68. The minimum Gasteiger partial charge on any atom is -0.491 e. The third kappa shape index (κ3) is 4.86. The topological polar surface area (TPSA) is 70.8 Å². The van der Waals surface area contributed by atoms with E-state index in [1.807, 2.05) is 19.0 Å². The maximum absolute atomic E-state index is 13.6. The summed E-state index contributed by atoms with van der Waals surface area (Å²) in [5, 5.41) is 13.3. The largest absolute Gasteiger partial charge is 0.491 e. The lowest BCUT2D eigenvalue weighted by molar-refractivity contribution is 0.0460. The van der Waals surface area contributed by atoms with Crippen molar-refractivity contribution < 1.29 is 14.2 Å². The first-order valence-electron chi connectivity index (χ1n) is 6.58. The van der Waals surface area contributed by atoms with Gasteiger partial charge in [-0.2, -0.15) is 0 Å². The van der Waals surface area contributed by atoms with E-state index in [-0.39, 0.29) is 11.4 Å². The summed E-state index contributed by atoms with van der Waals surface area (Å²) in [5.41, 5.74) is 5.68. The number of halogens is 1. The Kier molecular flexibility index (Phi) is 5.59. The molecule has 0 heterocycles. The second-order valence-corrected chi connectivity index (χ2v) is 5.39. The van der Waals surface area contributed by atoms with Crippen molar-refractivity contribution in [3.05, 3.63) is 17.9 Å². The molecule has 0 aliphatic heterocycles. The Labute approximate surface area is 119 Å². The quantitative estimate of drug-likeness (QED) is 0.663. The van der Waals surface area contributed by atoms with Gasteiger partial charge in [-0.3, -0.25) is 0 Å². The third-order valence-corrected chi connectivity index (χ3v) is 2.72. The van der Waals surface area contributed by atoms with E-state index >= 15 is 0 Å². The number of ether oxygens (including phenoxy) is 1. The highest BCUT2D eigenvalue weighted by atomic mass is 19.1. The number of nitrogen functional groups attached to an aromatic ring is 1. The molecule has 0 aromatic heterocycles. The summed E-state index contributed by atoms with van der Waals surface area (Å²) in [6.45, 7) is 4.68. The summed E-state index contributed by atoms with van der Waals surface area (Å²) in [5.74, 6) is -0.341. The molecule has 6 heteroatoms. The molecule has 4 N–H and O–H groups in total. The molecule has 0 fully saturated rings. The molecule has 0 aliphatic carbocycles. The van der Waals surface area contributed by atoms with Crippen molar-refractivity contribution in [2.75, 3.05) is 44.8 Å². The van der Waals surface area contributed by atoms with Crippen LogP contribution < -0.4 is 15.8 Å². The molecule has 1 aromatic carbocycles. The predicted molar refractivity (Wildman–Crippen MR) is 79.6 cm³/mol. The van der Waals surface area contributed by atoms with Crippen molar-refractivity contribution in [2.45, 2.75) is 19.4 Å². The molecule has 0 radical (unpaired) electrons. The van der Waals surface area contributed by atoms with Crippen LogP contribution in [0.15, 0.2) is 12.1 Å². The number of nitrogens with zero attached hydrogens (tertiary/aromatic N) is 1. The van der Waals surface area contributed by atoms with Gasteiger partial charge in [-0.05, 0) is 27.9 Å². The van der Waals surface area contributed by atoms with Crippen molar-refractivity contribution in [1.29, 1.82) is 0 Å². The number of anilines is 2. The molecule has 5 nitrogen and oxygen atoms in total. The van der Waals surface area contributed by atoms with Crippen LogP contribution in [0.25, 0.3) is 0 Å². The van der Waals surface area contributed by atoms with Crippen LogP contribution in [0.1, 0.15) is 13.8 Å². The summed E-state index contributed by atoms with van der Waals surface area (Å²) in [6, 6.07) is 2.73. The SMILES string of the molecule is CCOc1cc(NCC(C)(O)CN(C)C)c(N)cc1F. The Balaban J connectivity index is 2.79. The van der Waals surface area contributed by atoms with Gasteiger partial charge in [-0.25, -0.2) is 4.39 Å². The lowest BCUT2D eigenvalue weighted by atomic mass is 10.1. The first kappa shape index (κ1) is 16.5. The number of aliphatic hydroxyl groups is 1. The van der Waals surface area contributed by atoms with Gasteiger partial charge in [0.25, 0.3) is 0 Å². The highest BCUT2D eigenvalue weighted by Crippen LogP contribution is 2.28. The molecule has 0 bridgehead atoms. The van der Waals surface area contributed by atoms with Crippen molar-refractivity contribution in [3.8, 4) is 5.75 Å². The van der Waals surface area contributed by atoms with E-state index in [1.54, 1.807) is 13.8 Å². The fourth-order valence-corrected chi connectivity index (χ4v) is 2.01. The zero-order chi connectivity index (χ0) is 15.3. The average Bonchev–Trinajstić information content (AvgIpc) is 2.29. The van der Waals surface area contributed by atoms with Crippen LogP contribution >= 0.6 is 0 Å². The van der Waals surface area contributed by atoms with E-state index < -0.39 is 11.4 Å². The Morgan fingerprint density at radius 1 is 1.45 bits per heavy atom. The van der Waals surface area contributed by atoms with Crippen LogP contribution in [0, 0.1) is 5.82 Å². The van der Waals surface area contributed by atoms with Crippen LogP contribution in [0.2, 0.25) is 0 Å². The van der Waals surface area contributed by atoms with Crippen LogP contribution in [0.4, 0.5) is 15.8 Å². The first-order chi connectivity index (χ1) is 9.25. The number of benzene rings is 1. The Bertz CT molecular complexity index is 450. The van der Waals surface area contributed by atoms with Crippen LogP contribution in [-0.2, 0) is 0 Å². The number of hydrogen-bond acceptors (Lipinski definition) is 5. The minimum absolute atomic E-state index is 0.149. The number of rotatable bonds is 7. The molecule has 1 unspecified atom stereocenters. The Morgan fingerprint density at radius 3 is 2.65 bits per heavy atom. The van der Waals surface area contributed by atoms with Crippen molar-refractivity contribution >= 4 is 11.4 Å². The Hall–Kier alpha value is -1.53. The zero-order valence-corrected chi connectivity index (χ0v) is 12.5. The molecular weight excluding hydrogens is 261 g/mol. The lowest BCUT2D eigenvalue weighted by Gasteiger charge is -2.28. The van der Waals surface area contributed by atoms with Gasteiger partial charge in [0.05, 0.1) is 23.6 Å². The van der Waals surface area contributed by atoms with Crippen molar-refractivity contribution in [3.63, 3.8) is 0 Å². The van der Waals surface area contributed by atoms with E-state index in [0.29, 0.717) is 25.4 Å². The molecule has 1 atom stereocenters. The van der Waals surface area contributed by atoms with Crippen LogP contribution in [0.3, 0.4) is 0 Å². The molecule has 0 spiro atoms. The van der Waals surface area contributed by atoms with E-state index in [0.717, 1.165) is 0 Å². The number of nitrogens with two attached hydrogens (primary N) is 1. The van der Waals surface area contributed by atoms with Crippen LogP contribution in [0.5, 0.6) is 5.75 Å². The smallest absolute Gasteiger partial charge is 0.167 e. The number of likely N-dealkylation sites (N-methyl/N-ethyl adjacent to an activating group) is 1. The maximum Gasteiger partial charge on any atom is 0.167 e. The molecule has 0 amide bonds. The monoisotopic (exact) mass is 285 g/mol. The van der Waals surface area contributed by atoms with Gasteiger partial charge in [0.1, 0.15) is 0 Å². The van der Waals surface area contributed by atoms with Gasteiger partial charge in [0, 0.05) is 25.2 Å². The van der Waals surface area contributed by atoms with Crippen LogP contribution in [-0.4, -0.2) is 49.4 Å². The Morgan fingerprint density at radius 2 is 2.10 bits per heavy atom. The lowest BCUT2D eigenvalue weighted by Crippen LogP contribution is -2.43. The summed E-state index contributed by atoms with van der Waals surface area (Å²) in [6.07, 6.45) is 0. The van der Waals surface area contributed by atoms with Gasteiger partial charge < -0.3 is 25.8 Å². The van der Waals surface area contributed by atoms with Gasteiger partial charge in [-0.1, -0.05) is 0 Å². The van der Waals surface area contributed by atoms with Gasteiger partial charge in [0.2, 0.25) is 0 Å². The van der Waals surface area contributed by atoms with E-state index in [1.165, 1.54) is 12.1 Å². The molecule has 0 aliphatic rings. The zero-order valence-electron chi connectivity index (χ0n) is 12.5. The second kappa shape index (κ2) is 6.76. The fourth-order valence-electron chi connectivity index (χ4n) is 2.01. The van der Waals surface area contributed by atoms with Gasteiger partial charge in [0.15, 0.2) is 11.6 Å². The normalized spacial score (nSPS) is 14.2. The van der Waals surface area contributed by atoms with Crippen molar-refractivity contribution in [1.82, 2.24) is 4.90 Å². The van der Waals surface area contributed by atoms with Gasteiger partial charge in [-0.15, -0.1) is 0 Å². The molecule has 0 saturated heterocycles. The standard InChI is InChI=1S/C14H24FN3O2/c1-5-20-13-7-12(11(16)6-10(13)15)17-8-14(2,19)9-18(3)4/h6-7,17,19H,5,8-9,16H2,1-4H3. The van der Waals surface area contributed by atoms with E-state index in [4.69, 9.17) is 10.5 Å². The maximum atomic E-state index is 13.6. The third-order valence-electron chi connectivity index (χ3n) is 2.72. The summed E-state index contributed by atoms with van der Waals surface area (Å²) in [7, 11) is 3.77. The highest BCUT2D eigenvalue weighted by Gasteiger charge is 2.21. The van der Waals surface area contributed by atoms with Gasteiger partial charge >= 0.3 is 0 Å². The first-order valence-corrected chi connectivity index (χ1v) is 6.58. The predicted octanol–water partition coefficient (Wildman–Crippen LogP) is 1.53. The average molecular weight is 285 g/mol. The molecular formula is C14H24FN3O2. The molecule has 0 saturated carbocycles. The van der Waals surface area contributed by atoms with E-state index in [2.05, 4.69) is 5.32 Å². The molecule has 20 heavy (non-hydrogen) atoms.